The van der Waals surface area contributed by atoms with Crippen molar-refractivity contribution in [3.8, 4) is 5.75 Å². The Balaban J connectivity index is 1.51. The Kier molecular flexibility index (Phi) is 4.61. The lowest BCUT2D eigenvalue weighted by molar-refractivity contribution is -0.131. The van der Waals surface area contributed by atoms with Gasteiger partial charge in [-0.25, -0.2) is 0 Å². The molecule has 0 spiro atoms. The minimum absolute atomic E-state index is 0.0112. The molecule has 0 atom stereocenters. The molecule has 6 heteroatoms. The summed E-state index contributed by atoms with van der Waals surface area (Å²) in [6.07, 6.45) is 1.96. The molecule has 2 aromatic rings. The zero-order valence-electron chi connectivity index (χ0n) is 12.7. The van der Waals surface area contributed by atoms with Crippen molar-refractivity contribution in [3.63, 3.8) is 0 Å². The number of aromatic amines is 1. The summed E-state index contributed by atoms with van der Waals surface area (Å²) >= 11 is 0. The van der Waals surface area contributed by atoms with Gasteiger partial charge in [0.25, 0.3) is 5.91 Å². The first kappa shape index (κ1) is 15.1. The molecule has 1 aromatic carbocycles. The van der Waals surface area contributed by atoms with Crippen LogP contribution in [0.5, 0.6) is 5.75 Å². The second kappa shape index (κ2) is 7.00. The molecule has 2 heterocycles. The predicted octanol–water partition coefficient (Wildman–Crippen LogP) is 1.56. The molecule has 1 aliphatic heterocycles. The van der Waals surface area contributed by atoms with Crippen LogP contribution in [0.4, 0.5) is 0 Å². The van der Waals surface area contributed by atoms with Crippen molar-refractivity contribution in [3.05, 3.63) is 53.9 Å². The van der Waals surface area contributed by atoms with Gasteiger partial charge in [-0.1, -0.05) is 18.2 Å². The number of hydrogen-bond acceptors (Lipinski definition) is 3. The molecule has 0 fully saturated rings. The summed E-state index contributed by atoms with van der Waals surface area (Å²) in [5, 5.41) is 2.74. The number of rotatable bonds is 4. The van der Waals surface area contributed by atoms with Crippen LogP contribution in [0, 0.1) is 0 Å². The standard InChI is InChI=1S/C17H19N3O3/c21-16(7-9-19-17(22)14-5-3-8-18-14)20-10-11-23-15-6-2-1-4-13(15)12-20/h1-6,8,18H,7,9-12H2,(H,19,22). The van der Waals surface area contributed by atoms with Crippen LogP contribution in [-0.4, -0.2) is 41.4 Å². The Morgan fingerprint density at radius 3 is 2.91 bits per heavy atom. The number of fused-ring (bicyclic) bond motifs is 1. The summed E-state index contributed by atoms with van der Waals surface area (Å²) in [6, 6.07) is 11.2. The van der Waals surface area contributed by atoms with Gasteiger partial charge in [0, 0.05) is 31.3 Å². The van der Waals surface area contributed by atoms with Crippen molar-refractivity contribution in [2.45, 2.75) is 13.0 Å². The highest BCUT2D eigenvalue weighted by molar-refractivity contribution is 5.92. The molecule has 0 bridgehead atoms. The number of nitrogens with zero attached hydrogens (tertiary/aromatic N) is 1. The fourth-order valence-corrected chi connectivity index (χ4v) is 2.55. The largest absolute Gasteiger partial charge is 0.491 e. The van der Waals surface area contributed by atoms with Gasteiger partial charge in [0.15, 0.2) is 0 Å². The van der Waals surface area contributed by atoms with Crippen molar-refractivity contribution < 1.29 is 14.3 Å². The summed E-state index contributed by atoms with van der Waals surface area (Å²) in [7, 11) is 0. The molecule has 0 saturated heterocycles. The zero-order valence-corrected chi connectivity index (χ0v) is 12.7. The van der Waals surface area contributed by atoms with E-state index < -0.39 is 0 Å². The van der Waals surface area contributed by atoms with Gasteiger partial charge in [0.2, 0.25) is 5.91 Å². The topological polar surface area (TPSA) is 74.4 Å². The zero-order chi connectivity index (χ0) is 16.1. The third-order valence-electron chi connectivity index (χ3n) is 3.77. The normalized spacial score (nSPS) is 13.7. The van der Waals surface area contributed by atoms with E-state index >= 15 is 0 Å². The van der Waals surface area contributed by atoms with Crippen molar-refractivity contribution >= 4 is 11.8 Å². The molecule has 23 heavy (non-hydrogen) atoms. The lowest BCUT2D eigenvalue weighted by Crippen LogP contribution is -2.35. The summed E-state index contributed by atoms with van der Waals surface area (Å²) in [5.41, 5.74) is 1.50. The molecule has 1 aromatic heterocycles. The minimum atomic E-state index is -0.202. The van der Waals surface area contributed by atoms with E-state index in [1.165, 1.54) is 0 Å². The van der Waals surface area contributed by atoms with Crippen LogP contribution in [0.15, 0.2) is 42.6 Å². The number of carbonyl (C=O) groups excluding carboxylic acids is 2. The summed E-state index contributed by atoms with van der Waals surface area (Å²) in [6.45, 7) is 1.89. The van der Waals surface area contributed by atoms with E-state index in [1.807, 2.05) is 24.3 Å². The second-order valence-corrected chi connectivity index (χ2v) is 5.36. The summed E-state index contributed by atoms with van der Waals surface area (Å²) < 4.78 is 5.65. The number of aromatic nitrogens is 1. The molecular formula is C17H19N3O3. The van der Waals surface area contributed by atoms with Gasteiger partial charge in [-0.05, 0) is 18.2 Å². The minimum Gasteiger partial charge on any atom is -0.491 e. The molecule has 0 saturated carbocycles. The maximum absolute atomic E-state index is 12.3. The lowest BCUT2D eigenvalue weighted by Gasteiger charge is -2.19. The van der Waals surface area contributed by atoms with Crippen molar-refractivity contribution in [1.29, 1.82) is 0 Å². The van der Waals surface area contributed by atoms with Crippen LogP contribution in [0.1, 0.15) is 22.5 Å². The third kappa shape index (κ3) is 3.71. The molecule has 1 aliphatic rings. The number of amides is 2. The summed E-state index contributed by atoms with van der Waals surface area (Å²) in [5.74, 6) is 0.646. The van der Waals surface area contributed by atoms with Crippen molar-refractivity contribution in [2.24, 2.45) is 0 Å². The molecule has 120 valence electrons. The molecule has 0 radical (unpaired) electrons. The number of carbonyl (C=O) groups is 2. The first-order valence-corrected chi connectivity index (χ1v) is 7.64. The van der Waals surface area contributed by atoms with Crippen LogP contribution in [0.3, 0.4) is 0 Å². The van der Waals surface area contributed by atoms with Gasteiger partial charge >= 0.3 is 0 Å². The van der Waals surface area contributed by atoms with Gasteiger partial charge in [-0.2, -0.15) is 0 Å². The molecular weight excluding hydrogens is 294 g/mol. The van der Waals surface area contributed by atoms with Crippen LogP contribution in [0.25, 0.3) is 0 Å². The van der Waals surface area contributed by atoms with Crippen molar-refractivity contribution in [1.82, 2.24) is 15.2 Å². The highest BCUT2D eigenvalue weighted by Crippen LogP contribution is 2.22. The lowest BCUT2D eigenvalue weighted by atomic mass is 10.2. The van der Waals surface area contributed by atoms with Crippen LogP contribution >= 0.6 is 0 Å². The second-order valence-electron chi connectivity index (χ2n) is 5.36. The number of benzene rings is 1. The van der Waals surface area contributed by atoms with Gasteiger partial charge < -0.3 is 19.9 Å². The van der Waals surface area contributed by atoms with E-state index in [-0.39, 0.29) is 18.2 Å². The third-order valence-corrected chi connectivity index (χ3v) is 3.77. The predicted molar refractivity (Wildman–Crippen MR) is 85.1 cm³/mol. The highest BCUT2D eigenvalue weighted by Gasteiger charge is 2.19. The molecule has 2 N–H and O–H groups in total. The quantitative estimate of drug-likeness (QED) is 0.899. The first-order valence-electron chi connectivity index (χ1n) is 7.64. The van der Waals surface area contributed by atoms with E-state index in [9.17, 15) is 9.59 Å². The number of H-pyrrole nitrogens is 1. The van der Waals surface area contributed by atoms with Gasteiger partial charge in [0.1, 0.15) is 18.1 Å². The Morgan fingerprint density at radius 1 is 1.22 bits per heavy atom. The maximum Gasteiger partial charge on any atom is 0.267 e. The Hall–Kier alpha value is -2.76. The Labute approximate surface area is 134 Å². The first-order chi connectivity index (χ1) is 11.2. The fraction of sp³-hybridized carbons (Fsp3) is 0.294. The van der Waals surface area contributed by atoms with Crippen LogP contribution < -0.4 is 10.1 Å². The molecule has 6 nitrogen and oxygen atoms in total. The monoisotopic (exact) mass is 313 g/mol. The number of para-hydroxylation sites is 1. The number of nitrogens with one attached hydrogen (secondary N) is 2. The molecule has 0 unspecified atom stereocenters. The van der Waals surface area contributed by atoms with Gasteiger partial charge in [0.05, 0.1) is 6.54 Å². The van der Waals surface area contributed by atoms with E-state index in [0.29, 0.717) is 31.9 Å². The Morgan fingerprint density at radius 2 is 2.09 bits per heavy atom. The van der Waals surface area contributed by atoms with Gasteiger partial charge in [-0.3, -0.25) is 9.59 Å². The van der Waals surface area contributed by atoms with Crippen molar-refractivity contribution in [2.75, 3.05) is 19.7 Å². The fourth-order valence-electron chi connectivity index (χ4n) is 2.55. The smallest absolute Gasteiger partial charge is 0.267 e. The molecule has 3 rings (SSSR count). The maximum atomic E-state index is 12.3. The average Bonchev–Trinajstić information content (AvgIpc) is 3.01. The SMILES string of the molecule is O=C(NCCC(=O)N1CCOc2ccccc2C1)c1ccc[nH]1. The average molecular weight is 313 g/mol. The Bertz CT molecular complexity index is 682. The molecule has 0 aliphatic carbocycles. The van der Waals surface area contributed by atoms with E-state index in [4.69, 9.17) is 4.74 Å². The summed E-state index contributed by atoms with van der Waals surface area (Å²) in [4.78, 5) is 28.7. The van der Waals surface area contributed by atoms with Crippen LogP contribution in [0.2, 0.25) is 0 Å². The number of hydrogen-bond donors (Lipinski definition) is 2. The van der Waals surface area contributed by atoms with E-state index in [2.05, 4.69) is 10.3 Å². The number of ether oxygens (including phenoxy) is 1. The van der Waals surface area contributed by atoms with E-state index in [1.54, 1.807) is 23.2 Å². The van der Waals surface area contributed by atoms with Crippen LogP contribution in [-0.2, 0) is 11.3 Å². The highest BCUT2D eigenvalue weighted by atomic mass is 16.5. The van der Waals surface area contributed by atoms with E-state index in [0.717, 1.165) is 11.3 Å². The molecule has 2 amide bonds. The van der Waals surface area contributed by atoms with Gasteiger partial charge in [-0.15, -0.1) is 0 Å².